The maximum Gasteiger partial charge on any atom is 0.340 e. The topological polar surface area (TPSA) is 164 Å². The van der Waals surface area contributed by atoms with Crippen LogP contribution >= 0.6 is 11.6 Å². The average molecular weight is 761 g/mol. The Balaban J connectivity index is 0.000000141. The number of nitrogens with zero attached hydrogens (tertiary/aromatic N) is 4. The van der Waals surface area contributed by atoms with E-state index in [9.17, 15) is 19.2 Å². The monoisotopic (exact) mass is 760 g/mol. The smallest absolute Gasteiger partial charge is 0.340 e. The first-order chi connectivity index (χ1) is 26.7. The molecular weight excluding hydrogens is 724 g/mol. The van der Waals surface area contributed by atoms with Crippen LogP contribution in [0.5, 0.6) is 0 Å². The van der Waals surface area contributed by atoms with Gasteiger partial charge in [0.2, 0.25) is 0 Å². The zero-order chi connectivity index (χ0) is 39.1. The van der Waals surface area contributed by atoms with E-state index < -0.39 is 5.97 Å². The molecule has 8 rings (SSSR count). The van der Waals surface area contributed by atoms with E-state index in [0.717, 1.165) is 22.2 Å². The van der Waals surface area contributed by atoms with Crippen LogP contribution < -0.4 is 11.3 Å². The number of benzene rings is 3. The van der Waals surface area contributed by atoms with Crippen LogP contribution in [0.4, 0.5) is 5.69 Å². The van der Waals surface area contributed by atoms with Crippen LogP contribution in [0.1, 0.15) is 51.8 Å². The molecule has 3 N–H and O–H groups in total. The van der Waals surface area contributed by atoms with E-state index in [1.54, 1.807) is 73.8 Å². The molecule has 0 spiro atoms. The number of fused-ring (bicyclic) bond motifs is 6. The lowest BCUT2D eigenvalue weighted by Crippen LogP contribution is -2.13. The summed E-state index contributed by atoms with van der Waals surface area (Å²) in [5.41, 5.74) is 12.2. The number of aromatic amines is 1. The van der Waals surface area contributed by atoms with Crippen molar-refractivity contribution in [2.24, 2.45) is 0 Å². The molecule has 0 unspecified atom stereocenters. The molecule has 0 aliphatic rings. The Kier molecular flexibility index (Phi) is 11.6. The molecule has 13 nitrogen and oxygen atoms in total. The number of halogens is 1. The Bertz CT molecular complexity index is 2710. The number of hydrogen-bond donors (Lipinski definition) is 2. The highest BCUT2D eigenvalue weighted by Gasteiger charge is 2.17. The van der Waals surface area contributed by atoms with Crippen LogP contribution in [-0.4, -0.2) is 61.1 Å². The Labute approximate surface area is 319 Å². The van der Waals surface area contributed by atoms with Crippen LogP contribution in [0.2, 0.25) is 5.15 Å². The number of rotatable bonds is 7. The second-order valence-electron chi connectivity index (χ2n) is 11.7. The zero-order valence-corrected chi connectivity index (χ0v) is 30.9. The molecule has 0 aliphatic heterocycles. The van der Waals surface area contributed by atoms with Crippen molar-refractivity contribution in [1.82, 2.24) is 23.3 Å². The molecule has 3 aromatic carbocycles. The van der Waals surface area contributed by atoms with Crippen molar-refractivity contribution in [2.75, 3.05) is 25.6 Å². The fraction of sp³-hybridized carbons (Fsp3) is 0.146. The van der Waals surface area contributed by atoms with Gasteiger partial charge in [-0.15, -0.1) is 0 Å². The van der Waals surface area contributed by atoms with Gasteiger partial charge >= 0.3 is 17.9 Å². The van der Waals surface area contributed by atoms with Gasteiger partial charge in [0.05, 0.1) is 70.0 Å². The number of ether oxygens (including phenoxy) is 3. The van der Waals surface area contributed by atoms with E-state index in [4.69, 9.17) is 31.5 Å². The van der Waals surface area contributed by atoms with Gasteiger partial charge in [-0.05, 0) is 93.6 Å². The predicted molar refractivity (Wildman–Crippen MR) is 211 cm³/mol. The lowest BCUT2D eigenvalue weighted by Gasteiger charge is -2.10. The predicted octanol–water partition coefficient (Wildman–Crippen LogP) is 7.51. The highest BCUT2D eigenvalue weighted by Crippen LogP contribution is 2.25. The molecular formula is C41H37ClN6O7. The third kappa shape index (κ3) is 7.78. The molecule has 0 amide bonds. The Morgan fingerprint density at radius 2 is 1.15 bits per heavy atom. The van der Waals surface area contributed by atoms with Gasteiger partial charge in [0, 0.05) is 24.8 Å². The summed E-state index contributed by atoms with van der Waals surface area (Å²) in [6.45, 7) is 6.25. The van der Waals surface area contributed by atoms with Gasteiger partial charge in [0.1, 0.15) is 11.0 Å². The number of carbonyl (C=O) groups is 3. The van der Waals surface area contributed by atoms with Crippen LogP contribution in [-0.2, 0) is 14.2 Å². The van der Waals surface area contributed by atoms with Crippen LogP contribution in [0.3, 0.4) is 0 Å². The average Bonchev–Trinajstić information content (AvgIpc) is 3.99. The number of H-pyrrole nitrogens is 1. The zero-order valence-electron chi connectivity index (χ0n) is 30.2. The summed E-state index contributed by atoms with van der Waals surface area (Å²) < 4.78 is 20.5. The minimum atomic E-state index is -0.435. The number of nitrogen functional groups attached to an aromatic ring is 1. The fourth-order valence-electron chi connectivity index (χ4n) is 6.00. The third-order valence-corrected chi connectivity index (χ3v) is 8.70. The van der Waals surface area contributed by atoms with Gasteiger partial charge in [-0.1, -0.05) is 29.8 Å². The first kappa shape index (κ1) is 37.9. The molecule has 55 heavy (non-hydrogen) atoms. The van der Waals surface area contributed by atoms with E-state index in [1.807, 2.05) is 76.1 Å². The standard InChI is InChI=1S/C14H11ClN2O2.C14H12N2O3.C13H14N2O2/c1-2-19-14(18)9-5-3-6-10-12(9)16-13(15)11-7-4-8-17(10)11;1-2-19-14(18)9-5-3-6-10-12(9)15-13(17)11-7-4-8-16(10)11;1-2-17-13(16)10-6-5-7-11(12(10)14)15-8-3-4-9-15/h3-8H,2H2,1H3;3-8H,2H2,1H3,(H,15,17);3-9H,2,14H2,1H3. The minimum Gasteiger partial charge on any atom is -0.462 e. The summed E-state index contributed by atoms with van der Waals surface area (Å²) in [6.07, 6.45) is 7.43. The molecule has 0 atom stereocenters. The Morgan fingerprint density at radius 3 is 1.80 bits per heavy atom. The lowest BCUT2D eigenvalue weighted by molar-refractivity contribution is 0.0518. The highest BCUT2D eigenvalue weighted by molar-refractivity contribution is 6.33. The summed E-state index contributed by atoms with van der Waals surface area (Å²) in [4.78, 5) is 54.5. The number of carbonyl (C=O) groups excluding carboxylic acids is 3. The number of anilines is 1. The molecule has 0 fully saturated rings. The van der Waals surface area contributed by atoms with E-state index >= 15 is 0 Å². The van der Waals surface area contributed by atoms with Crippen molar-refractivity contribution in [3.63, 3.8) is 0 Å². The molecule has 0 aliphatic carbocycles. The van der Waals surface area contributed by atoms with Crippen molar-refractivity contribution < 1.29 is 28.6 Å². The van der Waals surface area contributed by atoms with Crippen molar-refractivity contribution in [1.29, 1.82) is 0 Å². The number of esters is 3. The SMILES string of the molecule is CCOC(=O)c1cccc(-n2cccc2)c1N.CCOC(=O)c1cccc2c1[nH]c(=O)c1cccn12.CCOC(=O)c1cccc2c1nc(Cl)c1cccn12. The van der Waals surface area contributed by atoms with Gasteiger partial charge in [0.15, 0.2) is 5.15 Å². The third-order valence-electron chi connectivity index (χ3n) is 8.42. The van der Waals surface area contributed by atoms with E-state index in [0.29, 0.717) is 63.9 Å². The molecule has 5 heterocycles. The molecule has 0 saturated heterocycles. The minimum absolute atomic E-state index is 0.228. The van der Waals surface area contributed by atoms with Crippen LogP contribution in [0, 0.1) is 0 Å². The fourth-order valence-corrected chi connectivity index (χ4v) is 6.23. The van der Waals surface area contributed by atoms with Gasteiger partial charge in [-0.2, -0.15) is 0 Å². The molecule has 0 saturated carbocycles. The Hall–Kier alpha value is -6.86. The van der Waals surface area contributed by atoms with Gasteiger partial charge in [-0.25, -0.2) is 19.4 Å². The molecule has 14 heteroatoms. The largest absolute Gasteiger partial charge is 0.462 e. The molecule has 0 radical (unpaired) electrons. The first-order valence-electron chi connectivity index (χ1n) is 17.4. The highest BCUT2D eigenvalue weighted by atomic mass is 35.5. The maximum atomic E-state index is 12.0. The van der Waals surface area contributed by atoms with Crippen molar-refractivity contribution >= 4 is 68.3 Å². The van der Waals surface area contributed by atoms with Crippen LogP contribution in [0.15, 0.2) is 121 Å². The van der Waals surface area contributed by atoms with Gasteiger partial charge in [0.25, 0.3) is 5.56 Å². The normalized spacial score (nSPS) is 10.8. The van der Waals surface area contributed by atoms with E-state index in [1.165, 1.54) is 0 Å². The van der Waals surface area contributed by atoms with Crippen molar-refractivity contribution in [2.45, 2.75) is 20.8 Å². The summed E-state index contributed by atoms with van der Waals surface area (Å²) in [6, 6.07) is 27.1. The number of para-hydroxylation sites is 3. The molecule has 8 aromatic rings. The second-order valence-corrected chi connectivity index (χ2v) is 12.1. The number of nitrogens with one attached hydrogen (secondary N) is 1. The summed E-state index contributed by atoms with van der Waals surface area (Å²) in [7, 11) is 0. The maximum absolute atomic E-state index is 12.0. The van der Waals surface area contributed by atoms with Gasteiger partial charge < -0.3 is 38.3 Å². The number of nitrogens with two attached hydrogens (primary N) is 1. The summed E-state index contributed by atoms with van der Waals surface area (Å²) in [5.74, 6) is -1.21. The van der Waals surface area contributed by atoms with Gasteiger partial charge in [-0.3, -0.25) is 4.79 Å². The number of hydrogen-bond acceptors (Lipinski definition) is 9. The first-order valence-corrected chi connectivity index (χ1v) is 17.8. The Morgan fingerprint density at radius 1 is 0.636 bits per heavy atom. The van der Waals surface area contributed by atoms with Crippen molar-refractivity contribution in [3.05, 3.63) is 148 Å². The van der Waals surface area contributed by atoms with Crippen LogP contribution in [0.25, 0.3) is 38.8 Å². The molecule has 5 aromatic heterocycles. The number of aromatic nitrogens is 5. The second kappa shape index (κ2) is 16.9. The molecule has 280 valence electrons. The van der Waals surface area contributed by atoms with Crippen molar-refractivity contribution in [3.8, 4) is 5.69 Å². The van der Waals surface area contributed by atoms with E-state index in [-0.39, 0.29) is 17.5 Å². The molecule has 0 bridgehead atoms. The summed E-state index contributed by atoms with van der Waals surface area (Å²) in [5, 5.41) is 0.370. The lowest BCUT2D eigenvalue weighted by atomic mass is 10.1. The summed E-state index contributed by atoms with van der Waals surface area (Å²) >= 11 is 6.15. The quantitative estimate of drug-likeness (QED) is 0.0950. The van der Waals surface area contributed by atoms with E-state index in [2.05, 4.69) is 9.97 Å².